The smallest absolute Gasteiger partial charge is 0.426 e. The van der Waals surface area contributed by atoms with E-state index < -0.39 is 0 Å². The van der Waals surface area contributed by atoms with E-state index in [2.05, 4.69) is 16.0 Å². The molecular weight excluding hydrogens is 265 g/mol. The maximum atomic E-state index is 5.11. The molecule has 2 heterocycles. The Morgan fingerprint density at radius 1 is 0.952 bits per heavy atom. The van der Waals surface area contributed by atoms with E-state index in [0.717, 1.165) is 11.6 Å². The highest BCUT2D eigenvalue weighted by molar-refractivity contribution is 6.72. The van der Waals surface area contributed by atoms with E-state index in [1.54, 1.807) is 6.33 Å². The van der Waals surface area contributed by atoms with E-state index in [1.165, 1.54) is 18.5 Å². The highest BCUT2D eigenvalue weighted by Crippen LogP contribution is 2.38. The predicted octanol–water partition coefficient (Wildman–Crippen LogP) is 3.09. The van der Waals surface area contributed by atoms with Crippen LogP contribution in [0, 0.1) is 6.92 Å². The van der Waals surface area contributed by atoms with Crippen molar-refractivity contribution in [3.05, 3.63) is 23.8 Å². The van der Waals surface area contributed by atoms with Gasteiger partial charge in [0.1, 0.15) is 6.33 Å². The van der Waals surface area contributed by atoms with Crippen molar-refractivity contribution in [2.45, 2.75) is 60.0 Å². The molecule has 2 fully saturated rings. The average Bonchev–Trinajstić information content (AvgIpc) is 3.24. The van der Waals surface area contributed by atoms with E-state index in [4.69, 9.17) is 13.7 Å². The monoisotopic (exact) mass is 290 g/mol. The van der Waals surface area contributed by atoms with Gasteiger partial charge in [0.25, 0.3) is 0 Å². The standard InChI is InChI=1S/C8H10N2.C3H9B3O3.C2H6/c1-6-4-8(7-2-3-7)10-5-9-6;1-4-7-5(2)9-6(3)8-4;1-2/h4-5,7H,2-3H2,1H3;1-3H3;1-2H3. The largest absolute Gasteiger partial charge is 0.453 e. The summed E-state index contributed by atoms with van der Waals surface area (Å²) >= 11 is 0. The molecule has 3 rings (SSSR count). The van der Waals surface area contributed by atoms with Gasteiger partial charge in [-0.25, -0.2) is 9.97 Å². The fourth-order valence-electron chi connectivity index (χ4n) is 1.98. The van der Waals surface area contributed by atoms with Crippen molar-refractivity contribution in [3.63, 3.8) is 0 Å². The molecule has 0 spiro atoms. The summed E-state index contributed by atoms with van der Waals surface area (Å²) < 4.78 is 15.3. The summed E-state index contributed by atoms with van der Waals surface area (Å²) in [7, 11) is -0.406. The molecule has 1 saturated carbocycles. The number of hydrogen-bond acceptors (Lipinski definition) is 5. The molecule has 0 N–H and O–H groups in total. The zero-order chi connectivity index (χ0) is 15.8. The SMILES string of the molecule is CB1OB(C)OB(C)O1.CC.Cc1cc(C2CC2)ncn1. The fraction of sp³-hybridized carbons (Fsp3) is 0.692. The van der Waals surface area contributed by atoms with Crippen molar-refractivity contribution < 1.29 is 13.7 Å². The lowest BCUT2D eigenvalue weighted by Crippen LogP contribution is -2.44. The molecule has 21 heavy (non-hydrogen) atoms. The van der Waals surface area contributed by atoms with Crippen molar-refractivity contribution in [2.75, 3.05) is 0 Å². The molecule has 0 unspecified atom stereocenters. The van der Waals surface area contributed by atoms with Crippen molar-refractivity contribution in [1.82, 2.24) is 9.97 Å². The molecule has 1 aromatic heterocycles. The lowest BCUT2D eigenvalue weighted by atomic mass is 9.74. The van der Waals surface area contributed by atoms with Gasteiger partial charge in [-0.3, -0.25) is 0 Å². The van der Waals surface area contributed by atoms with Gasteiger partial charge in [-0.05, 0) is 46.3 Å². The minimum Gasteiger partial charge on any atom is -0.453 e. The first-order valence-corrected chi connectivity index (χ1v) is 7.79. The second-order valence-corrected chi connectivity index (χ2v) is 4.97. The van der Waals surface area contributed by atoms with Crippen molar-refractivity contribution in [3.8, 4) is 0 Å². The highest BCUT2D eigenvalue weighted by atomic mass is 16.7. The molecule has 0 aromatic carbocycles. The van der Waals surface area contributed by atoms with Gasteiger partial charge in [-0.1, -0.05) is 13.8 Å². The predicted molar refractivity (Wildman–Crippen MR) is 88.2 cm³/mol. The second-order valence-electron chi connectivity index (χ2n) is 4.97. The number of aryl methyl sites for hydroxylation is 1. The van der Waals surface area contributed by atoms with Crippen LogP contribution in [0.4, 0.5) is 0 Å². The molecule has 1 aliphatic carbocycles. The minimum absolute atomic E-state index is 0.135. The van der Waals surface area contributed by atoms with Gasteiger partial charge in [0.15, 0.2) is 0 Å². The van der Waals surface area contributed by atoms with Gasteiger partial charge in [0.2, 0.25) is 0 Å². The van der Waals surface area contributed by atoms with E-state index in [9.17, 15) is 0 Å². The molecule has 0 atom stereocenters. The second kappa shape index (κ2) is 9.23. The molecule has 5 nitrogen and oxygen atoms in total. The first kappa shape index (κ1) is 18.2. The first-order valence-electron chi connectivity index (χ1n) is 7.79. The Balaban J connectivity index is 0.000000189. The Morgan fingerprint density at radius 2 is 1.43 bits per heavy atom. The number of nitrogens with zero attached hydrogens (tertiary/aromatic N) is 2. The van der Waals surface area contributed by atoms with Crippen LogP contribution in [0.25, 0.3) is 0 Å². The van der Waals surface area contributed by atoms with Crippen molar-refractivity contribution in [2.24, 2.45) is 0 Å². The Labute approximate surface area is 129 Å². The van der Waals surface area contributed by atoms with E-state index in [1.807, 2.05) is 41.2 Å². The number of rotatable bonds is 1. The third-order valence-electron chi connectivity index (χ3n) is 2.97. The van der Waals surface area contributed by atoms with Crippen LogP contribution in [0.1, 0.15) is 44.0 Å². The van der Waals surface area contributed by atoms with Crippen molar-refractivity contribution in [1.29, 1.82) is 0 Å². The van der Waals surface area contributed by atoms with Gasteiger partial charge < -0.3 is 13.7 Å². The van der Waals surface area contributed by atoms with E-state index in [0.29, 0.717) is 0 Å². The zero-order valence-electron chi connectivity index (χ0n) is 14.0. The van der Waals surface area contributed by atoms with Gasteiger partial charge >= 0.3 is 21.4 Å². The van der Waals surface area contributed by atoms with E-state index in [-0.39, 0.29) is 21.4 Å². The van der Waals surface area contributed by atoms with Crippen LogP contribution in [0.3, 0.4) is 0 Å². The van der Waals surface area contributed by atoms with Gasteiger partial charge in [0, 0.05) is 17.3 Å². The van der Waals surface area contributed by atoms with Crippen LogP contribution in [-0.2, 0) is 13.7 Å². The lowest BCUT2D eigenvalue weighted by molar-refractivity contribution is 0.294. The van der Waals surface area contributed by atoms with Gasteiger partial charge in [-0.2, -0.15) is 0 Å². The Bertz CT molecular complexity index is 396. The lowest BCUT2D eigenvalue weighted by Gasteiger charge is -2.25. The molecular formula is C13H25B3N2O3. The summed E-state index contributed by atoms with van der Waals surface area (Å²) in [6.45, 7) is 11.6. The third-order valence-corrected chi connectivity index (χ3v) is 2.97. The molecule has 2 aliphatic rings. The highest BCUT2D eigenvalue weighted by Gasteiger charge is 2.31. The molecule has 0 radical (unpaired) electrons. The minimum atomic E-state index is -0.135. The molecule has 0 amide bonds. The molecule has 1 aromatic rings. The molecule has 1 aliphatic heterocycles. The van der Waals surface area contributed by atoms with Crippen molar-refractivity contribution >= 4 is 21.4 Å². The summed E-state index contributed by atoms with van der Waals surface area (Å²) in [5, 5.41) is 0. The Hall–Kier alpha value is -0.845. The summed E-state index contributed by atoms with van der Waals surface area (Å²) in [6, 6.07) is 2.08. The molecule has 1 saturated heterocycles. The third kappa shape index (κ3) is 7.11. The quantitative estimate of drug-likeness (QED) is 0.744. The number of hydrogen-bond donors (Lipinski definition) is 0. The molecule has 8 heteroatoms. The Morgan fingerprint density at radius 3 is 1.81 bits per heavy atom. The summed E-state index contributed by atoms with van der Waals surface area (Å²) in [4.78, 5) is 8.23. The van der Waals surface area contributed by atoms with Crippen LogP contribution in [-0.4, -0.2) is 31.3 Å². The van der Waals surface area contributed by atoms with Crippen LogP contribution >= 0.6 is 0 Å². The Kier molecular flexibility index (Phi) is 8.00. The van der Waals surface area contributed by atoms with Gasteiger partial charge in [-0.15, -0.1) is 0 Å². The van der Waals surface area contributed by atoms with Crippen LogP contribution in [0.2, 0.25) is 20.5 Å². The summed E-state index contributed by atoms with van der Waals surface area (Å²) in [5.74, 6) is 0.752. The summed E-state index contributed by atoms with van der Waals surface area (Å²) in [6.07, 6.45) is 4.29. The van der Waals surface area contributed by atoms with Crippen LogP contribution in [0.15, 0.2) is 12.4 Å². The zero-order valence-corrected chi connectivity index (χ0v) is 14.0. The first-order chi connectivity index (χ1) is 10.0. The van der Waals surface area contributed by atoms with E-state index >= 15 is 0 Å². The van der Waals surface area contributed by atoms with Crippen LogP contribution in [0.5, 0.6) is 0 Å². The molecule has 114 valence electrons. The maximum absolute atomic E-state index is 5.11. The molecule has 0 bridgehead atoms. The summed E-state index contributed by atoms with van der Waals surface area (Å²) in [5.41, 5.74) is 2.31. The normalized spacial score (nSPS) is 17.5. The topological polar surface area (TPSA) is 53.5 Å². The number of aromatic nitrogens is 2. The van der Waals surface area contributed by atoms with Crippen LogP contribution < -0.4 is 0 Å². The fourth-order valence-corrected chi connectivity index (χ4v) is 1.98. The maximum Gasteiger partial charge on any atom is 0.426 e. The van der Waals surface area contributed by atoms with Gasteiger partial charge in [0.05, 0.1) is 0 Å². The average molecular weight is 290 g/mol.